The molecule has 0 spiro atoms. The third kappa shape index (κ3) is 7.93. The maximum atomic E-state index is 12.7. The Hall–Kier alpha value is -4.14. The molecule has 2 heterocycles. The number of aromatic nitrogens is 2. The third-order valence-electron chi connectivity index (χ3n) is 4.92. The lowest BCUT2D eigenvalue weighted by Gasteiger charge is -2.30. The smallest absolute Gasteiger partial charge is 0.303 e. The summed E-state index contributed by atoms with van der Waals surface area (Å²) in [5, 5.41) is 5.15. The van der Waals surface area contributed by atoms with E-state index >= 15 is 0 Å². The number of hydrazone groups is 1. The molecule has 14 nitrogen and oxygen atoms in total. The number of ether oxygens (including phenoxy) is 4. The summed E-state index contributed by atoms with van der Waals surface area (Å²) in [6, 6.07) is 0. The fourth-order valence-corrected chi connectivity index (χ4v) is 4.31. The number of amides is 1. The van der Waals surface area contributed by atoms with E-state index in [1.807, 2.05) is 6.92 Å². The van der Waals surface area contributed by atoms with E-state index in [1.54, 1.807) is 6.92 Å². The summed E-state index contributed by atoms with van der Waals surface area (Å²) in [7, 11) is 0. The number of rotatable bonds is 10. The van der Waals surface area contributed by atoms with Crippen molar-refractivity contribution in [2.45, 2.75) is 66.8 Å². The van der Waals surface area contributed by atoms with Crippen molar-refractivity contribution < 1.29 is 42.9 Å². The van der Waals surface area contributed by atoms with E-state index < -0.39 is 60.3 Å². The molecule has 0 aliphatic carbocycles. The molecule has 38 heavy (non-hydrogen) atoms. The van der Waals surface area contributed by atoms with Crippen LogP contribution in [-0.4, -0.2) is 70.9 Å². The van der Waals surface area contributed by atoms with Crippen LogP contribution in [-0.2, 0) is 42.9 Å². The first-order chi connectivity index (χ1) is 17.7. The first kappa shape index (κ1) is 30.1. The molecule has 0 unspecified atom stereocenters. The second-order valence-electron chi connectivity index (χ2n) is 8.05. The van der Waals surface area contributed by atoms with Crippen LogP contribution in [0.3, 0.4) is 0 Å². The Kier molecular flexibility index (Phi) is 10.2. The van der Waals surface area contributed by atoms with Crippen LogP contribution >= 0.6 is 11.3 Å². The number of carbonyl (C=O) groups is 5. The Bertz CT molecular complexity index is 1330. The molecule has 0 saturated heterocycles. The number of nitrogens with zero attached hydrogens (tertiary/aromatic N) is 3. The molecular formula is C23H28N4O10S. The minimum atomic E-state index is -1.53. The molecule has 2 rings (SSSR count). The number of esters is 4. The summed E-state index contributed by atoms with van der Waals surface area (Å²) in [4.78, 5) is 80.0. The fraction of sp³-hybridized carbons (Fsp3) is 0.478. The molecule has 1 N–H and O–H groups in total. The van der Waals surface area contributed by atoms with Gasteiger partial charge in [-0.05, 0) is 19.4 Å². The number of hydrogen-bond donors (Lipinski definition) is 1. The molecule has 0 bridgehead atoms. The Labute approximate surface area is 220 Å². The summed E-state index contributed by atoms with van der Waals surface area (Å²) in [5.41, 5.74) is 0.269. The summed E-state index contributed by atoms with van der Waals surface area (Å²) < 4.78 is 20.6. The summed E-state index contributed by atoms with van der Waals surface area (Å²) in [6.07, 6.45) is -3.53. The van der Waals surface area contributed by atoms with E-state index in [-0.39, 0.29) is 5.95 Å². The van der Waals surface area contributed by atoms with Gasteiger partial charge < -0.3 is 18.9 Å². The highest BCUT2D eigenvalue weighted by molar-refractivity contribution is 7.18. The van der Waals surface area contributed by atoms with Gasteiger partial charge in [0.2, 0.25) is 11.9 Å². The highest BCUT2D eigenvalue weighted by atomic mass is 32.1. The summed E-state index contributed by atoms with van der Waals surface area (Å²) in [5.74, 6) is -4.08. The van der Waals surface area contributed by atoms with Gasteiger partial charge in [-0.2, -0.15) is 10.1 Å². The Morgan fingerprint density at radius 1 is 0.974 bits per heavy atom. The lowest BCUT2D eigenvalue weighted by molar-refractivity contribution is -0.183. The Balaban J connectivity index is 2.56. The summed E-state index contributed by atoms with van der Waals surface area (Å²) >= 11 is 1.26. The van der Waals surface area contributed by atoms with Crippen LogP contribution < -0.4 is 10.6 Å². The maximum Gasteiger partial charge on any atom is 0.303 e. The largest absolute Gasteiger partial charge is 0.462 e. The van der Waals surface area contributed by atoms with Gasteiger partial charge in [-0.1, -0.05) is 0 Å². The van der Waals surface area contributed by atoms with Crippen LogP contribution in [0.25, 0.3) is 10.2 Å². The molecule has 0 aliphatic heterocycles. The molecule has 0 aliphatic rings. The molecule has 2 aromatic heterocycles. The van der Waals surface area contributed by atoms with Gasteiger partial charge in [-0.3, -0.25) is 33.8 Å². The molecular weight excluding hydrogens is 524 g/mol. The van der Waals surface area contributed by atoms with Gasteiger partial charge in [-0.15, -0.1) is 11.3 Å². The van der Waals surface area contributed by atoms with E-state index in [4.69, 9.17) is 18.9 Å². The molecule has 0 fully saturated rings. The average Bonchev–Trinajstić information content (AvgIpc) is 3.07. The molecule has 0 radical (unpaired) electrons. The van der Waals surface area contributed by atoms with Gasteiger partial charge in [0.25, 0.3) is 5.56 Å². The lowest BCUT2D eigenvalue weighted by Crippen LogP contribution is -2.48. The standard InChI is InChI=1S/C23H28N4O10S/c1-10-11(2)38-22-19(10)21(33)25-23(26-22)27(12(3)28)24-8-17(35-14(5)30)20(37-16(7)32)18(36-15(6)31)9-34-13(4)29/h8,17-18,20H,9H2,1-7H3,(H,25,26,33)/b24-8+/t17-,18-,20+/m1/s1. The fourth-order valence-electron chi connectivity index (χ4n) is 3.29. The van der Waals surface area contributed by atoms with Crippen molar-refractivity contribution in [1.29, 1.82) is 0 Å². The SMILES string of the molecule is CC(=O)OC[C@@H](OC(C)=O)[C@@H](OC(C)=O)[C@@H](/C=N/N(C(C)=O)c1nc2sc(C)c(C)c2c(=O)[nH]1)OC(C)=O. The van der Waals surface area contributed by atoms with Gasteiger partial charge in [0.15, 0.2) is 18.3 Å². The van der Waals surface area contributed by atoms with Crippen molar-refractivity contribution in [3.8, 4) is 0 Å². The highest BCUT2D eigenvalue weighted by Gasteiger charge is 2.37. The minimum Gasteiger partial charge on any atom is -0.462 e. The zero-order chi connectivity index (χ0) is 28.7. The topological polar surface area (TPSA) is 184 Å². The predicted molar refractivity (Wildman–Crippen MR) is 135 cm³/mol. The van der Waals surface area contributed by atoms with E-state index in [1.165, 1.54) is 11.3 Å². The molecule has 0 saturated carbocycles. The normalized spacial score (nSPS) is 13.4. The quantitative estimate of drug-likeness (QED) is 0.194. The van der Waals surface area contributed by atoms with Crippen LogP contribution in [0.5, 0.6) is 0 Å². The molecule has 206 valence electrons. The number of aromatic amines is 1. The zero-order valence-corrected chi connectivity index (χ0v) is 22.7. The summed E-state index contributed by atoms with van der Waals surface area (Å²) in [6.45, 7) is 8.53. The van der Waals surface area contributed by atoms with Crippen LogP contribution in [0.1, 0.15) is 45.1 Å². The first-order valence-electron chi connectivity index (χ1n) is 11.2. The predicted octanol–water partition coefficient (Wildman–Crippen LogP) is 1.30. The van der Waals surface area contributed by atoms with Crippen LogP contribution in [0.4, 0.5) is 5.95 Å². The van der Waals surface area contributed by atoms with Crippen LogP contribution in [0, 0.1) is 13.8 Å². The van der Waals surface area contributed by atoms with Gasteiger partial charge in [-0.25, -0.2) is 4.98 Å². The van der Waals surface area contributed by atoms with E-state index in [2.05, 4.69) is 15.1 Å². The maximum absolute atomic E-state index is 12.7. The molecule has 15 heteroatoms. The third-order valence-corrected chi connectivity index (χ3v) is 6.02. The van der Waals surface area contributed by atoms with Crippen molar-refractivity contribution in [1.82, 2.24) is 9.97 Å². The van der Waals surface area contributed by atoms with E-state index in [9.17, 15) is 28.8 Å². The van der Waals surface area contributed by atoms with Crippen LogP contribution in [0.2, 0.25) is 0 Å². The molecule has 3 atom stereocenters. The van der Waals surface area contributed by atoms with Gasteiger partial charge >= 0.3 is 23.9 Å². The second-order valence-corrected chi connectivity index (χ2v) is 9.25. The number of thiophene rings is 1. The Morgan fingerprint density at radius 3 is 2.11 bits per heavy atom. The monoisotopic (exact) mass is 552 g/mol. The van der Waals surface area contributed by atoms with Gasteiger partial charge in [0.1, 0.15) is 11.4 Å². The van der Waals surface area contributed by atoms with Crippen molar-refractivity contribution in [3.63, 3.8) is 0 Å². The zero-order valence-electron chi connectivity index (χ0n) is 21.8. The molecule has 2 aromatic rings. The number of carbonyl (C=O) groups excluding carboxylic acids is 5. The van der Waals surface area contributed by atoms with Gasteiger partial charge in [0, 0.05) is 39.5 Å². The first-order valence-corrected chi connectivity index (χ1v) is 12.0. The number of H-pyrrole nitrogens is 1. The lowest BCUT2D eigenvalue weighted by atomic mass is 10.1. The van der Waals surface area contributed by atoms with Gasteiger partial charge in [0.05, 0.1) is 11.6 Å². The second kappa shape index (κ2) is 12.9. The number of nitrogens with one attached hydrogen (secondary N) is 1. The molecule has 0 aromatic carbocycles. The van der Waals surface area contributed by atoms with Crippen molar-refractivity contribution in [3.05, 3.63) is 20.8 Å². The Morgan fingerprint density at radius 2 is 1.58 bits per heavy atom. The van der Waals surface area contributed by atoms with Crippen molar-refractivity contribution >= 4 is 63.5 Å². The molecule has 1 amide bonds. The minimum absolute atomic E-state index is 0.213. The van der Waals surface area contributed by atoms with E-state index in [0.717, 1.165) is 56.3 Å². The number of fused-ring (bicyclic) bond motifs is 1. The van der Waals surface area contributed by atoms with E-state index in [0.29, 0.717) is 10.2 Å². The number of anilines is 1. The highest BCUT2D eigenvalue weighted by Crippen LogP contribution is 2.27. The number of aryl methyl sites for hydroxylation is 2. The average molecular weight is 553 g/mol. The van der Waals surface area contributed by atoms with Crippen LogP contribution in [0.15, 0.2) is 9.90 Å². The van der Waals surface area contributed by atoms with Crippen molar-refractivity contribution in [2.75, 3.05) is 11.6 Å². The number of hydrogen-bond acceptors (Lipinski definition) is 13. The van der Waals surface area contributed by atoms with Crippen molar-refractivity contribution in [2.24, 2.45) is 5.10 Å².